The summed E-state index contributed by atoms with van der Waals surface area (Å²) in [6.07, 6.45) is 1.22. The first kappa shape index (κ1) is 14.3. The SMILES string of the molecule is O=C(O)C(=Cc1ccccc1[N+](=O)[O-])c1cccc(O)c1. The molecule has 0 bridgehead atoms. The molecular weight excluding hydrogens is 274 g/mol. The van der Waals surface area contributed by atoms with E-state index in [0.29, 0.717) is 0 Å². The minimum absolute atomic E-state index is 0.0813. The molecule has 0 aliphatic rings. The van der Waals surface area contributed by atoms with Crippen molar-refractivity contribution in [1.29, 1.82) is 0 Å². The predicted molar refractivity (Wildman–Crippen MR) is 76.7 cm³/mol. The molecule has 106 valence electrons. The summed E-state index contributed by atoms with van der Waals surface area (Å²) in [5.41, 5.74) is 0.125. The van der Waals surface area contributed by atoms with Gasteiger partial charge in [0.15, 0.2) is 0 Å². The molecule has 6 nitrogen and oxygen atoms in total. The molecule has 0 saturated carbocycles. The van der Waals surface area contributed by atoms with E-state index < -0.39 is 10.9 Å². The summed E-state index contributed by atoms with van der Waals surface area (Å²) < 4.78 is 0. The Kier molecular flexibility index (Phi) is 3.99. The summed E-state index contributed by atoms with van der Waals surface area (Å²) in [6, 6.07) is 11.6. The highest BCUT2D eigenvalue weighted by atomic mass is 16.6. The summed E-state index contributed by atoms with van der Waals surface area (Å²) in [5, 5.41) is 29.7. The van der Waals surface area contributed by atoms with Gasteiger partial charge < -0.3 is 10.2 Å². The third-order valence-electron chi connectivity index (χ3n) is 2.82. The third-order valence-corrected chi connectivity index (χ3v) is 2.82. The summed E-state index contributed by atoms with van der Waals surface area (Å²) in [7, 11) is 0. The van der Waals surface area contributed by atoms with Crippen LogP contribution in [-0.2, 0) is 4.79 Å². The van der Waals surface area contributed by atoms with Crippen LogP contribution in [0.5, 0.6) is 5.75 Å². The average Bonchev–Trinajstić information content (AvgIpc) is 2.44. The van der Waals surface area contributed by atoms with Gasteiger partial charge in [-0.15, -0.1) is 0 Å². The quantitative estimate of drug-likeness (QED) is 0.389. The van der Waals surface area contributed by atoms with Crippen LogP contribution in [0.2, 0.25) is 0 Å². The number of carboxylic acids is 1. The lowest BCUT2D eigenvalue weighted by Crippen LogP contribution is -2.00. The zero-order valence-corrected chi connectivity index (χ0v) is 10.8. The van der Waals surface area contributed by atoms with E-state index in [1.807, 2.05) is 0 Å². The number of hydrogen-bond donors (Lipinski definition) is 2. The van der Waals surface area contributed by atoms with E-state index >= 15 is 0 Å². The molecule has 0 amide bonds. The van der Waals surface area contributed by atoms with Crippen LogP contribution in [0.1, 0.15) is 11.1 Å². The van der Waals surface area contributed by atoms with Crippen molar-refractivity contribution in [2.75, 3.05) is 0 Å². The van der Waals surface area contributed by atoms with Crippen LogP contribution in [0.15, 0.2) is 48.5 Å². The van der Waals surface area contributed by atoms with Crippen LogP contribution in [-0.4, -0.2) is 21.1 Å². The van der Waals surface area contributed by atoms with E-state index in [1.54, 1.807) is 6.07 Å². The molecule has 2 N–H and O–H groups in total. The van der Waals surface area contributed by atoms with E-state index in [4.69, 9.17) is 0 Å². The van der Waals surface area contributed by atoms with Gasteiger partial charge in [0.05, 0.1) is 16.1 Å². The second-order valence-corrected chi connectivity index (χ2v) is 4.23. The highest BCUT2D eigenvalue weighted by Crippen LogP contribution is 2.26. The number of nitro groups is 1. The predicted octanol–water partition coefficient (Wildman–Crippen LogP) is 2.93. The van der Waals surface area contributed by atoms with E-state index in [2.05, 4.69) is 0 Å². The topological polar surface area (TPSA) is 101 Å². The van der Waals surface area contributed by atoms with Crippen LogP contribution >= 0.6 is 0 Å². The first-order chi connectivity index (χ1) is 9.99. The van der Waals surface area contributed by atoms with E-state index in [-0.39, 0.29) is 28.1 Å². The van der Waals surface area contributed by atoms with Crippen LogP contribution in [0.4, 0.5) is 5.69 Å². The lowest BCUT2D eigenvalue weighted by Gasteiger charge is -2.04. The molecule has 0 aliphatic carbocycles. The van der Waals surface area contributed by atoms with Crippen LogP contribution in [0.3, 0.4) is 0 Å². The molecule has 0 aromatic heterocycles. The van der Waals surface area contributed by atoms with Gasteiger partial charge >= 0.3 is 5.97 Å². The highest BCUT2D eigenvalue weighted by Gasteiger charge is 2.16. The van der Waals surface area contributed by atoms with Crippen molar-refractivity contribution in [3.05, 3.63) is 69.8 Å². The summed E-state index contributed by atoms with van der Waals surface area (Å²) in [4.78, 5) is 21.8. The Morgan fingerprint density at radius 3 is 2.48 bits per heavy atom. The molecule has 0 saturated heterocycles. The average molecular weight is 285 g/mol. The number of aliphatic carboxylic acids is 1. The number of carbonyl (C=O) groups is 1. The van der Waals surface area contributed by atoms with Crippen molar-refractivity contribution < 1.29 is 19.9 Å². The van der Waals surface area contributed by atoms with Gasteiger partial charge in [-0.25, -0.2) is 4.79 Å². The molecule has 0 spiro atoms. The second kappa shape index (κ2) is 5.87. The molecule has 0 fully saturated rings. The number of nitro benzene ring substituents is 1. The van der Waals surface area contributed by atoms with Crippen molar-refractivity contribution >= 4 is 23.3 Å². The number of para-hydroxylation sites is 1. The first-order valence-electron chi connectivity index (χ1n) is 5.97. The zero-order chi connectivity index (χ0) is 15.4. The van der Waals surface area contributed by atoms with Crippen LogP contribution in [0.25, 0.3) is 11.6 Å². The molecule has 2 aromatic rings. The monoisotopic (exact) mass is 285 g/mol. The Hall–Kier alpha value is -3.15. The van der Waals surface area contributed by atoms with Crippen molar-refractivity contribution in [2.45, 2.75) is 0 Å². The molecule has 21 heavy (non-hydrogen) atoms. The Morgan fingerprint density at radius 1 is 1.14 bits per heavy atom. The molecular formula is C15H11NO5. The van der Waals surface area contributed by atoms with Gasteiger partial charge in [0.25, 0.3) is 5.69 Å². The minimum Gasteiger partial charge on any atom is -0.508 e. The number of nitrogens with zero attached hydrogens (tertiary/aromatic N) is 1. The van der Waals surface area contributed by atoms with Gasteiger partial charge in [-0.3, -0.25) is 10.1 Å². The summed E-state index contributed by atoms with van der Waals surface area (Å²) in [5.74, 6) is -1.32. The maximum absolute atomic E-state index is 11.4. The molecule has 0 radical (unpaired) electrons. The number of phenolic OH excluding ortho intramolecular Hbond substituents is 1. The molecule has 0 unspecified atom stereocenters. The Balaban J connectivity index is 2.59. The molecule has 2 aromatic carbocycles. The highest BCUT2D eigenvalue weighted by molar-refractivity contribution is 6.21. The lowest BCUT2D eigenvalue weighted by atomic mass is 10.0. The van der Waals surface area contributed by atoms with Crippen molar-refractivity contribution in [2.24, 2.45) is 0 Å². The zero-order valence-electron chi connectivity index (χ0n) is 10.8. The van der Waals surface area contributed by atoms with Gasteiger partial charge in [-0.2, -0.15) is 0 Å². The van der Waals surface area contributed by atoms with Gasteiger partial charge in [0.1, 0.15) is 5.75 Å². The maximum atomic E-state index is 11.4. The number of rotatable bonds is 4. The standard InChI is InChI=1S/C15H11NO5/c17-12-6-3-5-10(8-12)13(15(18)19)9-11-4-1-2-7-14(11)16(20)21/h1-9,17H,(H,18,19). The largest absolute Gasteiger partial charge is 0.508 e. The Morgan fingerprint density at radius 2 is 1.86 bits per heavy atom. The van der Waals surface area contributed by atoms with E-state index in [9.17, 15) is 25.1 Å². The van der Waals surface area contributed by atoms with E-state index in [0.717, 1.165) is 0 Å². The van der Waals surface area contributed by atoms with E-state index in [1.165, 1.54) is 48.5 Å². The molecule has 0 heterocycles. The number of hydrogen-bond acceptors (Lipinski definition) is 4. The molecule has 0 atom stereocenters. The van der Waals surface area contributed by atoms with Gasteiger partial charge in [-0.05, 0) is 29.8 Å². The Bertz CT molecular complexity index is 736. The molecule has 6 heteroatoms. The van der Waals surface area contributed by atoms with Gasteiger partial charge in [0, 0.05) is 6.07 Å². The summed E-state index contributed by atoms with van der Waals surface area (Å²) in [6.45, 7) is 0. The lowest BCUT2D eigenvalue weighted by molar-refractivity contribution is -0.385. The Labute approximate surface area is 119 Å². The fraction of sp³-hybridized carbons (Fsp3) is 0. The third kappa shape index (κ3) is 3.24. The van der Waals surface area contributed by atoms with Crippen molar-refractivity contribution in [1.82, 2.24) is 0 Å². The van der Waals surface area contributed by atoms with Gasteiger partial charge in [-0.1, -0.05) is 24.3 Å². The normalized spacial score (nSPS) is 11.1. The van der Waals surface area contributed by atoms with Crippen molar-refractivity contribution in [3.8, 4) is 5.75 Å². The van der Waals surface area contributed by atoms with Crippen LogP contribution in [0, 0.1) is 10.1 Å². The van der Waals surface area contributed by atoms with Crippen LogP contribution < -0.4 is 0 Å². The number of carboxylic acid groups (broad SMARTS) is 1. The van der Waals surface area contributed by atoms with Gasteiger partial charge in [0.2, 0.25) is 0 Å². The molecule has 2 rings (SSSR count). The summed E-state index contributed by atoms with van der Waals surface area (Å²) >= 11 is 0. The number of aromatic hydroxyl groups is 1. The van der Waals surface area contributed by atoms with Crippen molar-refractivity contribution in [3.63, 3.8) is 0 Å². The number of benzene rings is 2. The maximum Gasteiger partial charge on any atom is 0.336 e. The first-order valence-corrected chi connectivity index (χ1v) is 5.97. The fourth-order valence-electron chi connectivity index (χ4n) is 1.87. The fourth-order valence-corrected chi connectivity index (χ4v) is 1.87. The molecule has 0 aliphatic heterocycles. The smallest absolute Gasteiger partial charge is 0.336 e. The number of phenols is 1. The minimum atomic E-state index is -1.24. The second-order valence-electron chi connectivity index (χ2n) is 4.23.